The molecule has 1 aliphatic rings. The van der Waals surface area contributed by atoms with Crippen LogP contribution in [-0.2, 0) is 9.53 Å². The molecule has 1 amide bonds. The lowest BCUT2D eigenvalue weighted by atomic mass is 9.85. The SMILES string of the molecule is COCCNCC(=O)NC1CCCCC1CO. The first kappa shape index (κ1) is 14.4. The highest BCUT2D eigenvalue weighted by molar-refractivity contribution is 5.78. The summed E-state index contributed by atoms with van der Waals surface area (Å²) in [6.45, 7) is 1.77. The van der Waals surface area contributed by atoms with Crippen LogP contribution in [0.3, 0.4) is 0 Å². The molecule has 100 valence electrons. The van der Waals surface area contributed by atoms with Crippen molar-refractivity contribution < 1.29 is 14.6 Å². The van der Waals surface area contributed by atoms with Crippen LogP contribution in [-0.4, -0.2) is 50.5 Å². The predicted octanol–water partition coefficient (Wildman–Crippen LogP) is -0.110. The van der Waals surface area contributed by atoms with Gasteiger partial charge in [0.05, 0.1) is 13.2 Å². The number of rotatable bonds is 7. The van der Waals surface area contributed by atoms with Crippen molar-refractivity contribution in [3.05, 3.63) is 0 Å². The van der Waals surface area contributed by atoms with Crippen molar-refractivity contribution >= 4 is 5.91 Å². The van der Waals surface area contributed by atoms with Crippen molar-refractivity contribution in [3.8, 4) is 0 Å². The zero-order chi connectivity index (χ0) is 12.5. The van der Waals surface area contributed by atoms with Crippen molar-refractivity contribution in [3.63, 3.8) is 0 Å². The summed E-state index contributed by atoms with van der Waals surface area (Å²) < 4.78 is 4.88. The van der Waals surface area contributed by atoms with Crippen molar-refractivity contribution in [1.29, 1.82) is 0 Å². The molecule has 0 aromatic heterocycles. The van der Waals surface area contributed by atoms with Crippen LogP contribution >= 0.6 is 0 Å². The number of methoxy groups -OCH3 is 1. The van der Waals surface area contributed by atoms with Crippen molar-refractivity contribution in [1.82, 2.24) is 10.6 Å². The lowest BCUT2D eigenvalue weighted by molar-refractivity contribution is -0.121. The van der Waals surface area contributed by atoms with E-state index >= 15 is 0 Å². The summed E-state index contributed by atoms with van der Waals surface area (Å²) in [4.78, 5) is 11.6. The second-order valence-electron chi connectivity index (χ2n) is 4.57. The summed E-state index contributed by atoms with van der Waals surface area (Å²) in [6.07, 6.45) is 4.29. The molecule has 1 saturated carbocycles. The standard InChI is InChI=1S/C12H24N2O3/c1-17-7-6-13-8-12(16)14-11-5-3-2-4-10(11)9-15/h10-11,13,15H,2-9H2,1H3,(H,14,16). The quantitative estimate of drug-likeness (QED) is 0.547. The van der Waals surface area contributed by atoms with Crippen molar-refractivity contribution in [2.45, 2.75) is 31.7 Å². The van der Waals surface area contributed by atoms with Gasteiger partial charge in [0.1, 0.15) is 0 Å². The largest absolute Gasteiger partial charge is 0.396 e. The third kappa shape index (κ3) is 5.48. The molecule has 1 fully saturated rings. The molecular weight excluding hydrogens is 220 g/mol. The van der Waals surface area contributed by atoms with Gasteiger partial charge < -0.3 is 20.5 Å². The smallest absolute Gasteiger partial charge is 0.234 e. The maximum absolute atomic E-state index is 11.6. The van der Waals surface area contributed by atoms with Crippen LogP contribution in [0.1, 0.15) is 25.7 Å². The predicted molar refractivity (Wildman–Crippen MR) is 65.7 cm³/mol. The first-order valence-corrected chi connectivity index (χ1v) is 6.37. The summed E-state index contributed by atoms with van der Waals surface area (Å²) in [6, 6.07) is 0.144. The fourth-order valence-corrected chi connectivity index (χ4v) is 2.25. The number of amides is 1. The molecule has 0 aromatic rings. The second kappa shape index (κ2) is 8.44. The molecular formula is C12H24N2O3. The van der Waals surface area contributed by atoms with Gasteiger partial charge in [-0.15, -0.1) is 0 Å². The fraction of sp³-hybridized carbons (Fsp3) is 0.917. The molecule has 17 heavy (non-hydrogen) atoms. The minimum atomic E-state index is 0.00598. The van der Waals surface area contributed by atoms with E-state index in [9.17, 15) is 9.90 Å². The van der Waals surface area contributed by atoms with Crippen LogP contribution in [0.15, 0.2) is 0 Å². The summed E-state index contributed by atoms with van der Waals surface area (Å²) in [5, 5.41) is 15.2. The zero-order valence-electron chi connectivity index (χ0n) is 10.6. The van der Waals surface area contributed by atoms with Crippen LogP contribution in [0.5, 0.6) is 0 Å². The number of aliphatic hydroxyl groups excluding tert-OH is 1. The molecule has 0 spiro atoms. The number of hydrogen-bond acceptors (Lipinski definition) is 4. The van der Waals surface area contributed by atoms with Gasteiger partial charge in [-0.05, 0) is 12.8 Å². The van der Waals surface area contributed by atoms with Crippen LogP contribution in [0.2, 0.25) is 0 Å². The minimum Gasteiger partial charge on any atom is -0.396 e. The van der Waals surface area contributed by atoms with E-state index in [0.29, 0.717) is 19.7 Å². The Balaban J connectivity index is 2.19. The molecule has 2 unspecified atom stereocenters. The van der Waals surface area contributed by atoms with Crippen molar-refractivity contribution in [2.24, 2.45) is 5.92 Å². The van der Waals surface area contributed by atoms with E-state index < -0.39 is 0 Å². The molecule has 1 rings (SSSR count). The molecule has 0 aliphatic heterocycles. The topological polar surface area (TPSA) is 70.6 Å². The van der Waals surface area contributed by atoms with Gasteiger partial charge in [0.25, 0.3) is 0 Å². The molecule has 5 heteroatoms. The van der Waals surface area contributed by atoms with E-state index in [4.69, 9.17) is 4.74 Å². The maximum atomic E-state index is 11.6. The highest BCUT2D eigenvalue weighted by Crippen LogP contribution is 2.23. The molecule has 3 N–H and O–H groups in total. The van der Waals surface area contributed by atoms with Crippen molar-refractivity contribution in [2.75, 3.05) is 33.4 Å². The number of carbonyl (C=O) groups excluding carboxylic acids is 1. The Labute approximate surface area is 103 Å². The van der Waals surface area contributed by atoms with E-state index in [-0.39, 0.29) is 24.5 Å². The van der Waals surface area contributed by atoms with Gasteiger partial charge in [0, 0.05) is 32.2 Å². The van der Waals surface area contributed by atoms with Gasteiger partial charge in [-0.2, -0.15) is 0 Å². The first-order chi connectivity index (χ1) is 8.27. The Morgan fingerprint density at radius 1 is 1.41 bits per heavy atom. The second-order valence-corrected chi connectivity index (χ2v) is 4.57. The lowest BCUT2D eigenvalue weighted by Gasteiger charge is -2.30. The van der Waals surface area contributed by atoms with Gasteiger partial charge in [-0.1, -0.05) is 12.8 Å². The van der Waals surface area contributed by atoms with Gasteiger partial charge >= 0.3 is 0 Å². The first-order valence-electron chi connectivity index (χ1n) is 6.37. The van der Waals surface area contributed by atoms with Crippen LogP contribution in [0, 0.1) is 5.92 Å². The van der Waals surface area contributed by atoms with Crippen LogP contribution in [0.25, 0.3) is 0 Å². The van der Waals surface area contributed by atoms with Crippen LogP contribution in [0.4, 0.5) is 0 Å². The molecule has 0 radical (unpaired) electrons. The molecule has 0 saturated heterocycles. The van der Waals surface area contributed by atoms with Gasteiger partial charge in [0.15, 0.2) is 0 Å². The maximum Gasteiger partial charge on any atom is 0.234 e. The zero-order valence-corrected chi connectivity index (χ0v) is 10.6. The third-order valence-electron chi connectivity index (χ3n) is 3.26. The molecule has 0 aromatic carbocycles. The Bertz CT molecular complexity index is 224. The highest BCUT2D eigenvalue weighted by atomic mass is 16.5. The molecule has 1 aliphatic carbocycles. The van der Waals surface area contributed by atoms with E-state index in [1.165, 1.54) is 0 Å². The Kier molecular flexibility index (Phi) is 7.16. The Morgan fingerprint density at radius 2 is 2.18 bits per heavy atom. The molecule has 0 heterocycles. The summed E-state index contributed by atoms with van der Waals surface area (Å²) >= 11 is 0. The third-order valence-corrected chi connectivity index (χ3v) is 3.26. The summed E-state index contributed by atoms with van der Waals surface area (Å²) in [5.74, 6) is 0.234. The lowest BCUT2D eigenvalue weighted by Crippen LogP contribution is -2.46. The number of aliphatic hydroxyl groups is 1. The van der Waals surface area contributed by atoms with E-state index in [1.807, 2.05) is 0 Å². The normalized spacial score (nSPS) is 24.6. The minimum absolute atomic E-state index is 0.00598. The van der Waals surface area contributed by atoms with E-state index in [2.05, 4.69) is 10.6 Å². The van der Waals surface area contributed by atoms with E-state index in [1.54, 1.807) is 7.11 Å². The highest BCUT2D eigenvalue weighted by Gasteiger charge is 2.25. The van der Waals surface area contributed by atoms with Crippen LogP contribution < -0.4 is 10.6 Å². The van der Waals surface area contributed by atoms with E-state index in [0.717, 1.165) is 25.7 Å². The Morgan fingerprint density at radius 3 is 2.88 bits per heavy atom. The number of hydrogen-bond donors (Lipinski definition) is 3. The molecule has 0 bridgehead atoms. The Hall–Kier alpha value is -0.650. The average molecular weight is 244 g/mol. The summed E-state index contributed by atoms with van der Waals surface area (Å²) in [5.41, 5.74) is 0. The van der Waals surface area contributed by atoms with Gasteiger partial charge in [-0.3, -0.25) is 4.79 Å². The van der Waals surface area contributed by atoms with Gasteiger partial charge in [-0.25, -0.2) is 0 Å². The number of ether oxygens (including phenoxy) is 1. The summed E-state index contributed by atoms with van der Waals surface area (Å²) in [7, 11) is 1.63. The number of carbonyl (C=O) groups is 1. The molecule has 5 nitrogen and oxygen atoms in total. The fourth-order valence-electron chi connectivity index (χ4n) is 2.25. The average Bonchev–Trinajstić information content (AvgIpc) is 2.35. The number of nitrogens with one attached hydrogen (secondary N) is 2. The monoisotopic (exact) mass is 244 g/mol. The molecule has 2 atom stereocenters. The van der Waals surface area contributed by atoms with Gasteiger partial charge in [0.2, 0.25) is 5.91 Å².